The third-order valence-electron chi connectivity index (χ3n) is 1.88. The van der Waals surface area contributed by atoms with Gasteiger partial charge in [-0.1, -0.05) is 18.2 Å². The minimum Gasteiger partial charge on any atom is -0.468 e. The van der Waals surface area contributed by atoms with Crippen LogP contribution in [0, 0.1) is 0 Å². The molecule has 0 aliphatic rings. The molecule has 0 fully saturated rings. The van der Waals surface area contributed by atoms with Gasteiger partial charge in [-0.05, 0) is 19.1 Å². The molecule has 4 heteroatoms. The summed E-state index contributed by atoms with van der Waals surface area (Å²) >= 11 is 1.30. The predicted molar refractivity (Wildman–Crippen MR) is 59.8 cm³/mol. The predicted octanol–water partition coefficient (Wildman–Crippen LogP) is 1.70. The number of aliphatic hydroxyl groups excluding tert-OH is 1. The Kier molecular flexibility index (Phi) is 4.65. The van der Waals surface area contributed by atoms with E-state index in [4.69, 9.17) is 0 Å². The molecule has 0 saturated heterocycles. The number of benzene rings is 1. The fraction of sp³-hybridized carbons (Fsp3) is 0.364. The van der Waals surface area contributed by atoms with Crippen molar-refractivity contribution in [3.05, 3.63) is 30.3 Å². The van der Waals surface area contributed by atoms with Gasteiger partial charge >= 0.3 is 5.97 Å². The van der Waals surface area contributed by atoms with Crippen LogP contribution in [0.4, 0.5) is 0 Å². The highest BCUT2D eigenvalue weighted by Gasteiger charge is 2.25. The maximum atomic E-state index is 11.4. The molecule has 15 heavy (non-hydrogen) atoms. The SMILES string of the molecule is COC(=O)[C@@H](Sc1ccccc1)[C@H](C)O. The number of hydrogen-bond donors (Lipinski definition) is 1. The number of rotatable bonds is 4. The lowest BCUT2D eigenvalue weighted by molar-refractivity contribution is -0.141. The van der Waals surface area contributed by atoms with Crippen LogP contribution in [-0.4, -0.2) is 29.5 Å². The van der Waals surface area contributed by atoms with E-state index in [9.17, 15) is 9.90 Å². The molecule has 0 amide bonds. The molecule has 1 aromatic carbocycles. The maximum Gasteiger partial charge on any atom is 0.321 e. The molecule has 2 atom stereocenters. The summed E-state index contributed by atoms with van der Waals surface area (Å²) in [4.78, 5) is 12.3. The number of methoxy groups -OCH3 is 1. The summed E-state index contributed by atoms with van der Waals surface area (Å²) in [6.07, 6.45) is -0.734. The Bertz CT molecular complexity index is 311. The molecule has 0 aromatic heterocycles. The van der Waals surface area contributed by atoms with Crippen molar-refractivity contribution in [2.75, 3.05) is 7.11 Å². The van der Waals surface area contributed by atoms with Crippen LogP contribution in [0.25, 0.3) is 0 Å². The average molecular weight is 226 g/mol. The van der Waals surface area contributed by atoms with Gasteiger partial charge in [0, 0.05) is 4.90 Å². The third-order valence-corrected chi connectivity index (χ3v) is 3.26. The Hall–Kier alpha value is -1.00. The summed E-state index contributed by atoms with van der Waals surface area (Å²) in [5, 5.41) is 8.88. The Morgan fingerprint density at radius 1 is 1.40 bits per heavy atom. The zero-order valence-corrected chi connectivity index (χ0v) is 9.53. The number of carbonyl (C=O) groups excluding carboxylic acids is 1. The van der Waals surface area contributed by atoms with Crippen LogP contribution in [0.3, 0.4) is 0 Å². The highest BCUT2D eigenvalue weighted by atomic mass is 32.2. The van der Waals surface area contributed by atoms with Crippen molar-refractivity contribution in [3.63, 3.8) is 0 Å². The molecule has 1 aromatic rings. The van der Waals surface area contributed by atoms with Crippen LogP contribution in [-0.2, 0) is 9.53 Å². The van der Waals surface area contributed by atoms with Crippen molar-refractivity contribution in [2.24, 2.45) is 0 Å². The zero-order chi connectivity index (χ0) is 11.3. The van der Waals surface area contributed by atoms with Crippen LogP contribution in [0.1, 0.15) is 6.92 Å². The standard InChI is InChI=1S/C11H14O3S/c1-8(12)10(11(13)14-2)15-9-6-4-3-5-7-9/h3-8,10,12H,1-2H3/t8-,10-/m0/s1. The van der Waals surface area contributed by atoms with Gasteiger partial charge in [-0.15, -0.1) is 11.8 Å². The number of esters is 1. The highest BCUT2D eigenvalue weighted by molar-refractivity contribution is 8.00. The van der Waals surface area contributed by atoms with E-state index in [0.717, 1.165) is 4.90 Å². The Labute approximate surface area is 93.4 Å². The first kappa shape index (κ1) is 12.1. The second kappa shape index (κ2) is 5.78. The molecule has 0 heterocycles. The van der Waals surface area contributed by atoms with Gasteiger partial charge in [0.1, 0.15) is 5.25 Å². The minimum atomic E-state index is -0.734. The fourth-order valence-electron chi connectivity index (χ4n) is 1.11. The summed E-state index contributed by atoms with van der Waals surface area (Å²) in [7, 11) is 1.32. The number of aliphatic hydroxyl groups is 1. The van der Waals surface area contributed by atoms with Crippen LogP contribution in [0.15, 0.2) is 35.2 Å². The molecule has 0 bridgehead atoms. The minimum absolute atomic E-state index is 0.404. The third kappa shape index (κ3) is 3.57. The van der Waals surface area contributed by atoms with Gasteiger partial charge in [-0.2, -0.15) is 0 Å². The van der Waals surface area contributed by atoms with Crippen LogP contribution < -0.4 is 0 Å². The second-order valence-corrected chi connectivity index (χ2v) is 4.33. The van der Waals surface area contributed by atoms with E-state index in [-0.39, 0.29) is 0 Å². The van der Waals surface area contributed by atoms with E-state index in [1.807, 2.05) is 30.3 Å². The first-order valence-electron chi connectivity index (χ1n) is 4.62. The molecule has 1 rings (SSSR count). The van der Waals surface area contributed by atoms with Gasteiger partial charge in [0.2, 0.25) is 0 Å². The number of ether oxygens (including phenoxy) is 1. The number of thioether (sulfide) groups is 1. The second-order valence-electron chi connectivity index (χ2n) is 3.12. The van der Waals surface area contributed by atoms with E-state index >= 15 is 0 Å². The molecule has 0 unspecified atom stereocenters. The molecule has 0 spiro atoms. The Morgan fingerprint density at radius 3 is 2.47 bits per heavy atom. The van der Waals surface area contributed by atoms with Crippen LogP contribution in [0.5, 0.6) is 0 Å². The van der Waals surface area contributed by atoms with Gasteiger partial charge < -0.3 is 9.84 Å². The largest absolute Gasteiger partial charge is 0.468 e. The van der Waals surface area contributed by atoms with Crippen LogP contribution >= 0.6 is 11.8 Å². The van der Waals surface area contributed by atoms with Crippen LogP contribution in [0.2, 0.25) is 0 Å². The Balaban J connectivity index is 2.72. The summed E-state index contributed by atoms with van der Waals surface area (Å²) in [5.74, 6) is -0.404. The average Bonchev–Trinajstić information content (AvgIpc) is 2.26. The Morgan fingerprint density at radius 2 is 2.00 bits per heavy atom. The molecule has 3 nitrogen and oxygen atoms in total. The first-order valence-corrected chi connectivity index (χ1v) is 5.50. The molecular formula is C11H14O3S. The first-order chi connectivity index (χ1) is 7.15. The van der Waals surface area contributed by atoms with Gasteiger partial charge in [0.25, 0.3) is 0 Å². The molecule has 0 saturated carbocycles. The van der Waals surface area contributed by atoms with Crippen molar-refractivity contribution in [3.8, 4) is 0 Å². The topological polar surface area (TPSA) is 46.5 Å². The zero-order valence-electron chi connectivity index (χ0n) is 8.71. The molecule has 0 aliphatic carbocycles. The lowest BCUT2D eigenvalue weighted by Crippen LogP contribution is -2.29. The van der Waals surface area contributed by atoms with Crippen molar-refractivity contribution < 1.29 is 14.6 Å². The van der Waals surface area contributed by atoms with E-state index in [0.29, 0.717) is 0 Å². The van der Waals surface area contributed by atoms with Gasteiger partial charge in [0.05, 0.1) is 13.2 Å². The lowest BCUT2D eigenvalue weighted by atomic mass is 10.3. The summed E-state index contributed by atoms with van der Waals surface area (Å²) in [6.45, 7) is 1.58. The quantitative estimate of drug-likeness (QED) is 0.627. The van der Waals surface area contributed by atoms with Crippen molar-refractivity contribution in [1.82, 2.24) is 0 Å². The normalized spacial score (nSPS) is 14.3. The summed E-state index contributed by atoms with van der Waals surface area (Å²) in [5.41, 5.74) is 0. The molecule has 1 N–H and O–H groups in total. The van der Waals surface area contributed by atoms with Crippen molar-refractivity contribution in [1.29, 1.82) is 0 Å². The maximum absolute atomic E-state index is 11.4. The molecular weight excluding hydrogens is 212 g/mol. The highest BCUT2D eigenvalue weighted by Crippen LogP contribution is 2.25. The summed E-state index contributed by atoms with van der Waals surface area (Å²) in [6, 6.07) is 9.46. The monoisotopic (exact) mass is 226 g/mol. The number of carbonyl (C=O) groups is 1. The van der Waals surface area contributed by atoms with Gasteiger partial charge in [0.15, 0.2) is 0 Å². The van der Waals surface area contributed by atoms with Gasteiger partial charge in [-0.25, -0.2) is 0 Å². The lowest BCUT2D eigenvalue weighted by Gasteiger charge is -2.16. The van der Waals surface area contributed by atoms with E-state index in [2.05, 4.69) is 4.74 Å². The van der Waals surface area contributed by atoms with E-state index in [1.165, 1.54) is 18.9 Å². The van der Waals surface area contributed by atoms with Crippen molar-refractivity contribution in [2.45, 2.75) is 23.2 Å². The molecule has 82 valence electrons. The van der Waals surface area contributed by atoms with E-state index < -0.39 is 17.3 Å². The van der Waals surface area contributed by atoms with Crippen molar-refractivity contribution >= 4 is 17.7 Å². The fourth-order valence-corrected chi connectivity index (χ4v) is 2.10. The van der Waals surface area contributed by atoms with E-state index in [1.54, 1.807) is 6.92 Å². The van der Waals surface area contributed by atoms with Gasteiger partial charge in [-0.3, -0.25) is 4.79 Å². The molecule has 0 aliphatic heterocycles. The molecule has 0 radical (unpaired) electrons. The summed E-state index contributed by atoms with van der Waals surface area (Å²) < 4.78 is 4.63. The smallest absolute Gasteiger partial charge is 0.321 e. The number of hydrogen-bond acceptors (Lipinski definition) is 4.